The number of nitrogens with one attached hydrogen (secondary N) is 1. The number of hydrogen-bond acceptors (Lipinski definition) is 1. The molecule has 1 rings (SSSR count). The second kappa shape index (κ2) is 4.86. The van der Waals surface area contributed by atoms with Crippen molar-refractivity contribution in [2.24, 2.45) is 11.8 Å². The Morgan fingerprint density at radius 2 is 1.92 bits per heavy atom. The maximum Gasteiger partial charge on any atom is 0.00949 e. The molecule has 12 heavy (non-hydrogen) atoms. The fourth-order valence-corrected chi connectivity index (χ4v) is 2.81. The lowest BCUT2D eigenvalue weighted by Crippen LogP contribution is -2.33. The molecule has 0 bridgehead atoms. The molecule has 0 aromatic carbocycles. The molecule has 1 saturated carbocycles. The minimum absolute atomic E-state index is 0.815. The third-order valence-electron chi connectivity index (χ3n) is 3.59. The molecule has 1 heteroatoms. The fourth-order valence-electron chi connectivity index (χ4n) is 2.81. The van der Waals surface area contributed by atoms with Gasteiger partial charge in [0, 0.05) is 6.04 Å². The molecular formula is C11H23N. The van der Waals surface area contributed by atoms with Crippen LogP contribution in [0.25, 0.3) is 0 Å². The molecule has 1 fully saturated rings. The van der Waals surface area contributed by atoms with Crippen LogP contribution in [-0.2, 0) is 0 Å². The molecule has 1 aliphatic rings. The van der Waals surface area contributed by atoms with E-state index in [2.05, 4.69) is 26.2 Å². The highest BCUT2D eigenvalue weighted by molar-refractivity contribution is 4.85. The zero-order valence-corrected chi connectivity index (χ0v) is 8.77. The van der Waals surface area contributed by atoms with Crippen molar-refractivity contribution in [3.05, 3.63) is 0 Å². The van der Waals surface area contributed by atoms with E-state index in [-0.39, 0.29) is 0 Å². The van der Waals surface area contributed by atoms with Gasteiger partial charge in [-0.25, -0.2) is 0 Å². The fraction of sp³-hybridized carbons (Fsp3) is 1.00. The van der Waals surface area contributed by atoms with Crippen LogP contribution in [0.4, 0.5) is 0 Å². The van der Waals surface area contributed by atoms with Gasteiger partial charge in [-0.2, -0.15) is 0 Å². The first-order valence-electron chi connectivity index (χ1n) is 5.50. The maximum atomic E-state index is 3.46. The Labute approximate surface area is 76.9 Å². The largest absolute Gasteiger partial charge is 0.317 e. The van der Waals surface area contributed by atoms with Crippen molar-refractivity contribution in [2.75, 3.05) is 7.05 Å². The predicted molar refractivity (Wildman–Crippen MR) is 54.3 cm³/mol. The Bertz CT molecular complexity index is 118. The van der Waals surface area contributed by atoms with Gasteiger partial charge in [-0.1, -0.05) is 33.1 Å². The van der Waals surface area contributed by atoms with Crippen molar-refractivity contribution in [2.45, 2.75) is 52.0 Å². The van der Waals surface area contributed by atoms with Gasteiger partial charge in [0.25, 0.3) is 0 Å². The van der Waals surface area contributed by atoms with E-state index in [0.29, 0.717) is 0 Å². The lowest BCUT2D eigenvalue weighted by atomic mass is 9.84. The summed E-state index contributed by atoms with van der Waals surface area (Å²) in [4.78, 5) is 0. The Morgan fingerprint density at radius 1 is 1.25 bits per heavy atom. The first-order valence-corrected chi connectivity index (χ1v) is 5.50. The highest BCUT2D eigenvalue weighted by atomic mass is 14.9. The molecule has 0 spiro atoms. The SMILES string of the molecule is CCC(CC)C1CCCC1NC. The number of hydrogen-bond donors (Lipinski definition) is 1. The van der Waals surface area contributed by atoms with Crippen molar-refractivity contribution in [3.8, 4) is 0 Å². The van der Waals surface area contributed by atoms with Crippen LogP contribution in [0.5, 0.6) is 0 Å². The Balaban J connectivity index is 2.47. The summed E-state index contributed by atoms with van der Waals surface area (Å²) in [7, 11) is 2.12. The second-order valence-corrected chi connectivity index (χ2v) is 4.07. The summed E-state index contributed by atoms with van der Waals surface area (Å²) >= 11 is 0. The van der Waals surface area contributed by atoms with Crippen LogP contribution in [0.1, 0.15) is 46.0 Å². The van der Waals surface area contributed by atoms with Gasteiger partial charge in [-0.3, -0.25) is 0 Å². The van der Waals surface area contributed by atoms with Crippen molar-refractivity contribution in [3.63, 3.8) is 0 Å². The van der Waals surface area contributed by atoms with E-state index >= 15 is 0 Å². The smallest absolute Gasteiger partial charge is 0.00949 e. The molecule has 0 amide bonds. The Morgan fingerprint density at radius 3 is 2.42 bits per heavy atom. The summed E-state index contributed by atoms with van der Waals surface area (Å²) < 4.78 is 0. The van der Waals surface area contributed by atoms with E-state index in [1.165, 1.54) is 32.1 Å². The lowest BCUT2D eigenvalue weighted by molar-refractivity contribution is 0.272. The van der Waals surface area contributed by atoms with Gasteiger partial charge in [0.05, 0.1) is 0 Å². The van der Waals surface area contributed by atoms with Crippen LogP contribution in [-0.4, -0.2) is 13.1 Å². The topological polar surface area (TPSA) is 12.0 Å². The van der Waals surface area contributed by atoms with Gasteiger partial charge in [-0.15, -0.1) is 0 Å². The van der Waals surface area contributed by atoms with Crippen LogP contribution in [0.2, 0.25) is 0 Å². The van der Waals surface area contributed by atoms with Crippen molar-refractivity contribution in [1.29, 1.82) is 0 Å². The number of rotatable bonds is 4. The molecule has 0 aliphatic heterocycles. The second-order valence-electron chi connectivity index (χ2n) is 4.07. The van der Waals surface area contributed by atoms with Crippen molar-refractivity contribution >= 4 is 0 Å². The zero-order chi connectivity index (χ0) is 8.97. The minimum Gasteiger partial charge on any atom is -0.317 e. The van der Waals surface area contributed by atoms with Gasteiger partial charge >= 0.3 is 0 Å². The van der Waals surface area contributed by atoms with Crippen LogP contribution in [0.15, 0.2) is 0 Å². The molecule has 0 radical (unpaired) electrons. The van der Waals surface area contributed by atoms with Crippen LogP contribution in [0, 0.1) is 11.8 Å². The van der Waals surface area contributed by atoms with E-state index in [9.17, 15) is 0 Å². The van der Waals surface area contributed by atoms with Gasteiger partial charge in [0.2, 0.25) is 0 Å². The Kier molecular flexibility index (Phi) is 4.07. The molecule has 1 aliphatic carbocycles. The molecule has 0 saturated heterocycles. The molecule has 72 valence electrons. The summed E-state index contributed by atoms with van der Waals surface area (Å²) in [6, 6.07) is 0.815. The van der Waals surface area contributed by atoms with Crippen LogP contribution in [0.3, 0.4) is 0 Å². The zero-order valence-electron chi connectivity index (χ0n) is 8.77. The summed E-state index contributed by atoms with van der Waals surface area (Å²) in [6.07, 6.45) is 7.01. The monoisotopic (exact) mass is 169 g/mol. The summed E-state index contributed by atoms with van der Waals surface area (Å²) in [5.74, 6) is 1.93. The van der Waals surface area contributed by atoms with Gasteiger partial charge in [0.15, 0.2) is 0 Å². The van der Waals surface area contributed by atoms with E-state index < -0.39 is 0 Å². The van der Waals surface area contributed by atoms with Gasteiger partial charge in [-0.05, 0) is 31.7 Å². The first-order chi connectivity index (χ1) is 5.83. The Hall–Kier alpha value is -0.0400. The normalized spacial score (nSPS) is 30.0. The van der Waals surface area contributed by atoms with Crippen LogP contribution >= 0.6 is 0 Å². The maximum absolute atomic E-state index is 3.46. The molecule has 1 N–H and O–H groups in total. The molecule has 0 aromatic heterocycles. The van der Waals surface area contributed by atoms with E-state index in [4.69, 9.17) is 0 Å². The van der Waals surface area contributed by atoms with Crippen LogP contribution < -0.4 is 5.32 Å². The first kappa shape index (κ1) is 10.0. The predicted octanol–water partition coefficient (Wildman–Crippen LogP) is 2.81. The molecule has 0 heterocycles. The van der Waals surface area contributed by atoms with E-state index in [0.717, 1.165) is 17.9 Å². The summed E-state index contributed by atoms with van der Waals surface area (Å²) in [6.45, 7) is 4.67. The molecule has 0 aromatic rings. The standard InChI is InChI=1S/C11H23N/c1-4-9(5-2)10-7-6-8-11(10)12-3/h9-12H,4-8H2,1-3H3. The van der Waals surface area contributed by atoms with E-state index in [1.807, 2.05) is 0 Å². The van der Waals surface area contributed by atoms with Gasteiger partial charge < -0.3 is 5.32 Å². The lowest BCUT2D eigenvalue weighted by Gasteiger charge is -2.26. The highest BCUT2D eigenvalue weighted by Gasteiger charge is 2.30. The molecule has 2 unspecified atom stereocenters. The highest BCUT2D eigenvalue weighted by Crippen LogP contribution is 2.34. The average Bonchev–Trinajstić information content (AvgIpc) is 2.55. The average molecular weight is 169 g/mol. The molecule has 1 nitrogen and oxygen atoms in total. The minimum atomic E-state index is 0.815. The van der Waals surface area contributed by atoms with Crippen molar-refractivity contribution < 1.29 is 0 Å². The van der Waals surface area contributed by atoms with E-state index in [1.54, 1.807) is 0 Å². The quantitative estimate of drug-likeness (QED) is 0.682. The van der Waals surface area contributed by atoms with Crippen molar-refractivity contribution in [1.82, 2.24) is 5.32 Å². The molecular weight excluding hydrogens is 146 g/mol. The summed E-state index contributed by atoms with van der Waals surface area (Å²) in [5, 5.41) is 3.46. The van der Waals surface area contributed by atoms with Gasteiger partial charge in [0.1, 0.15) is 0 Å². The third kappa shape index (κ3) is 2.01. The molecule has 2 atom stereocenters. The third-order valence-corrected chi connectivity index (χ3v) is 3.59. The summed E-state index contributed by atoms with van der Waals surface area (Å²) in [5.41, 5.74) is 0.